The zero-order valence-electron chi connectivity index (χ0n) is 22.3. The van der Waals surface area contributed by atoms with Gasteiger partial charge in [0, 0.05) is 50.0 Å². The third-order valence-corrected chi connectivity index (χ3v) is 7.47. The Morgan fingerprint density at radius 2 is 1.98 bits per heavy atom. The van der Waals surface area contributed by atoms with Crippen molar-refractivity contribution >= 4 is 11.4 Å². The predicted octanol–water partition coefficient (Wildman–Crippen LogP) is 3.38. The van der Waals surface area contributed by atoms with Crippen LogP contribution in [0.25, 0.3) is 16.8 Å². The van der Waals surface area contributed by atoms with Gasteiger partial charge >= 0.3 is 0 Å². The van der Waals surface area contributed by atoms with E-state index in [0.29, 0.717) is 24.2 Å². The van der Waals surface area contributed by atoms with Gasteiger partial charge in [-0.25, -0.2) is 18.3 Å². The van der Waals surface area contributed by atoms with Crippen molar-refractivity contribution in [3.63, 3.8) is 0 Å². The van der Waals surface area contributed by atoms with Crippen molar-refractivity contribution in [2.75, 3.05) is 13.2 Å². The molecule has 0 radical (unpaired) electrons. The summed E-state index contributed by atoms with van der Waals surface area (Å²) in [5, 5.41) is 16.4. The summed E-state index contributed by atoms with van der Waals surface area (Å²) in [5.41, 5.74) is 9.09. The summed E-state index contributed by atoms with van der Waals surface area (Å²) in [6, 6.07) is 7.14. The first-order valence-corrected chi connectivity index (χ1v) is 13.3. The Morgan fingerprint density at radius 3 is 2.67 bits per heavy atom. The van der Waals surface area contributed by atoms with Gasteiger partial charge in [-0.2, -0.15) is 5.10 Å². The molecule has 3 heterocycles. The van der Waals surface area contributed by atoms with E-state index in [0.717, 1.165) is 29.7 Å². The van der Waals surface area contributed by atoms with Crippen LogP contribution in [0.2, 0.25) is 0 Å². The van der Waals surface area contributed by atoms with Crippen LogP contribution in [0.4, 0.5) is 8.78 Å². The molecule has 1 amide bonds. The maximum Gasteiger partial charge on any atom is 0.217 e. The minimum atomic E-state index is -0.823. The normalized spacial score (nSPS) is 20.9. The number of amides is 1. The lowest BCUT2D eigenvalue weighted by atomic mass is 9.72. The van der Waals surface area contributed by atoms with Crippen LogP contribution in [0.15, 0.2) is 48.9 Å². The van der Waals surface area contributed by atoms with Crippen molar-refractivity contribution < 1.29 is 23.4 Å². The number of carbonyl (C=O) groups excluding carboxylic acids is 1. The Labute approximate surface area is 230 Å². The van der Waals surface area contributed by atoms with Crippen LogP contribution in [0.1, 0.15) is 49.6 Å². The summed E-state index contributed by atoms with van der Waals surface area (Å²) in [4.78, 5) is 20.5. The maximum atomic E-state index is 14.9. The van der Waals surface area contributed by atoms with Gasteiger partial charge in [-0.3, -0.25) is 9.78 Å². The fraction of sp³-hybridized carbons (Fsp3) is 0.379. The van der Waals surface area contributed by atoms with Crippen molar-refractivity contribution in [1.82, 2.24) is 24.9 Å². The molecule has 1 aliphatic carbocycles. The standard InChI is InChI=1S/C29H32F2N6O3/c1-16-9-18(10-25(32)29(16)35-17(2)39)22-5-6-33-14-19(22)11-27-34-15-20-3-4-26(36-37(20)27)28-23(30)12-21(13-24(28)31)40-8-7-38/h3-6,12-16,18,25,29,38H,7-11,32H2,1-2H3,(H,35,39)/t16-,18+,25+,29-/m0/s1. The molecule has 1 aliphatic rings. The van der Waals surface area contributed by atoms with Crippen molar-refractivity contribution in [3.8, 4) is 17.0 Å². The van der Waals surface area contributed by atoms with Gasteiger partial charge in [0.2, 0.25) is 5.91 Å². The number of hydrogen-bond acceptors (Lipinski definition) is 7. The number of halogens is 2. The highest BCUT2D eigenvalue weighted by Crippen LogP contribution is 2.37. The lowest BCUT2D eigenvalue weighted by Gasteiger charge is -2.39. The van der Waals surface area contributed by atoms with Crippen molar-refractivity contribution in [1.29, 1.82) is 0 Å². The number of aliphatic hydroxyl groups is 1. The Hall–Kier alpha value is -3.96. The van der Waals surface area contributed by atoms with Gasteiger partial charge in [0.1, 0.15) is 29.8 Å². The minimum absolute atomic E-state index is 0.0125. The van der Waals surface area contributed by atoms with E-state index in [9.17, 15) is 13.6 Å². The van der Waals surface area contributed by atoms with E-state index in [2.05, 4.69) is 27.3 Å². The van der Waals surface area contributed by atoms with E-state index in [-0.39, 0.29) is 60.0 Å². The molecule has 1 fully saturated rings. The number of pyridine rings is 1. The number of nitrogens with zero attached hydrogens (tertiary/aromatic N) is 4. The van der Waals surface area contributed by atoms with Gasteiger partial charge in [-0.1, -0.05) is 6.92 Å². The fourth-order valence-corrected chi connectivity index (χ4v) is 5.71. The van der Waals surface area contributed by atoms with E-state index in [1.165, 1.54) is 6.92 Å². The van der Waals surface area contributed by atoms with Crippen molar-refractivity contribution in [2.24, 2.45) is 11.7 Å². The Balaban J connectivity index is 1.43. The van der Waals surface area contributed by atoms with E-state index in [4.69, 9.17) is 15.6 Å². The molecular formula is C29H32F2N6O3. The number of nitrogens with two attached hydrogens (primary N) is 1. The summed E-state index contributed by atoms with van der Waals surface area (Å²) < 4.78 is 36.6. The summed E-state index contributed by atoms with van der Waals surface area (Å²) in [6.45, 7) is 3.27. The second-order valence-electron chi connectivity index (χ2n) is 10.4. The zero-order valence-corrected chi connectivity index (χ0v) is 22.3. The largest absolute Gasteiger partial charge is 0.491 e. The molecule has 210 valence electrons. The first kappa shape index (κ1) is 27.6. The third-order valence-electron chi connectivity index (χ3n) is 7.47. The second kappa shape index (κ2) is 11.6. The number of carbonyl (C=O) groups is 1. The van der Waals surface area contributed by atoms with Gasteiger partial charge in [-0.15, -0.1) is 0 Å². The molecule has 3 aromatic heterocycles. The predicted molar refractivity (Wildman–Crippen MR) is 145 cm³/mol. The minimum Gasteiger partial charge on any atom is -0.491 e. The smallest absolute Gasteiger partial charge is 0.217 e. The molecule has 9 nitrogen and oxygen atoms in total. The average Bonchev–Trinajstić information content (AvgIpc) is 3.31. The molecule has 0 bridgehead atoms. The first-order valence-electron chi connectivity index (χ1n) is 13.3. The first-order chi connectivity index (χ1) is 19.2. The number of hydrogen-bond donors (Lipinski definition) is 3. The van der Waals surface area contributed by atoms with Crippen LogP contribution < -0.4 is 15.8 Å². The quantitative estimate of drug-likeness (QED) is 0.307. The van der Waals surface area contributed by atoms with Crippen LogP contribution in [0.5, 0.6) is 5.75 Å². The summed E-state index contributed by atoms with van der Waals surface area (Å²) >= 11 is 0. The average molecular weight is 551 g/mol. The van der Waals surface area contributed by atoms with Crippen molar-refractivity contribution in [2.45, 2.75) is 51.1 Å². The number of fused-ring (bicyclic) bond motifs is 1. The highest BCUT2D eigenvalue weighted by atomic mass is 19.1. The topological polar surface area (TPSA) is 128 Å². The highest BCUT2D eigenvalue weighted by molar-refractivity contribution is 5.73. The molecule has 0 spiro atoms. The Kier molecular flexibility index (Phi) is 8.04. The summed E-state index contributed by atoms with van der Waals surface area (Å²) in [5.74, 6) is -0.773. The molecule has 0 saturated heterocycles. The molecule has 40 heavy (non-hydrogen) atoms. The Bertz CT molecular complexity index is 1490. The number of rotatable bonds is 8. The number of aromatic nitrogens is 4. The van der Waals surface area contributed by atoms with Crippen LogP contribution >= 0.6 is 0 Å². The lowest BCUT2D eigenvalue weighted by Crippen LogP contribution is -2.54. The molecular weight excluding hydrogens is 518 g/mol. The second-order valence-corrected chi connectivity index (χ2v) is 10.4. The molecule has 0 aliphatic heterocycles. The van der Waals surface area contributed by atoms with Gasteiger partial charge in [0.25, 0.3) is 0 Å². The maximum absolute atomic E-state index is 14.9. The lowest BCUT2D eigenvalue weighted by molar-refractivity contribution is -0.120. The number of benzene rings is 1. The molecule has 4 atom stereocenters. The van der Waals surface area contributed by atoms with Crippen molar-refractivity contribution in [3.05, 3.63) is 77.5 Å². The SMILES string of the molecule is CC(=O)N[C@@H]1[C@H](N)C[C@H](c2ccncc2Cc2ncc3ccc(-c4c(F)cc(OCCO)cc4F)nn23)C[C@@H]1C. The van der Waals surface area contributed by atoms with Gasteiger partial charge in [0.15, 0.2) is 0 Å². The zero-order chi connectivity index (χ0) is 28.4. The Morgan fingerprint density at radius 1 is 1.20 bits per heavy atom. The molecule has 4 aromatic rings. The summed E-state index contributed by atoms with van der Waals surface area (Å²) in [7, 11) is 0. The molecule has 4 N–H and O–H groups in total. The van der Waals surface area contributed by atoms with E-state index in [1.54, 1.807) is 35.2 Å². The molecule has 1 saturated carbocycles. The number of nitrogens with one attached hydrogen (secondary N) is 1. The number of aliphatic hydroxyl groups excluding tert-OH is 1. The molecule has 0 unspecified atom stereocenters. The monoisotopic (exact) mass is 550 g/mol. The highest BCUT2D eigenvalue weighted by Gasteiger charge is 2.35. The summed E-state index contributed by atoms with van der Waals surface area (Å²) in [6.07, 6.45) is 7.21. The molecule has 5 rings (SSSR count). The van der Waals surface area contributed by atoms with E-state index in [1.807, 2.05) is 6.07 Å². The van der Waals surface area contributed by atoms with Gasteiger partial charge in [-0.05, 0) is 54.0 Å². The third kappa shape index (κ3) is 5.66. The van der Waals surface area contributed by atoms with E-state index >= 15 is 0 Å². The van der Waals surface area contributed by atoms with Gasteiger partial charge < -0.3 is 20.9 Å². The molecule has 1 aromatic carbocycles. The fourth-order valence-electron chi connectivity index (χ4n) is 5.71. The van der Waals surface area contributed by atoms with Gasteiger partial charge in [0.05, 0.1) is 29.6 Å². The van der Waals surface area contributed by atoms with Crippen LogP contribution in [0, 0.1) is 17.6 Å². The number of ether oxygens (including phenoxy) is 1. The van der Waals surface area contributed by atoms with Crippen LogP contribution in [0.3, 0.4) is 0 Å². The number of imidazole rings is 1. The van der Waals surface area contributed by atoms with E-state index < -0.39 is 11.6 Å². The molecule has 11 heteroatoms. The van der Waals surface area contributed by atoms with Crippen LogP contribution in [-0.4, -0.2) is 55.9 Å². The van der Waals surface area contributed by atoms with Crippen LogP contribution in [-0.2, 0) is 11.2 Å².